The highest BCUT2D eigenvalue weighted by Crippen LogP contribution is 2.38. The van der Waals surface area contributed by atoms with Crippen molar-refractivity contribution in [1.29, 1.82) is 5.26 Å². The lowest BCUT2D eigenvalue weighted by molar-refractivity contribution is -0.137. The van der Waals surface area contributed by atoms with Crippen LogP contribution in [0.1, 0.15) is 11.1 Å². The van der Waals surface area contributed by atoms with Crippen molar-refractivity contribution in [1.82, 2.24) is 0 Å². The largest absolute Gasteiger partial charge is 0.417 e. The van der Waals surface area contributed by atoms with Gasteiger partial charge >= 0.3 is 6.18 Å². The Bertz CT molecular complexity index is 668. The topological polar surface area (TPSA) is 23.8 Å². The van der Waals surface area contributed by atoms with Gasteiger partial charge in [-0.3, -0.25) is 0 Å². The molecule has 2 aromatic rings. The molecule has 0 bridgehead atoms. The van der Waals surface area contributed by atoms with E-state index in [1.807, 2.05) is 6.07 Å². The maximum absolute atomic E-state index is 13.8. The Morgan fingerprint density at radius 2 is 1.70 bits per heavy atom. The molecule has 0 aliphatic heterocycles. The van der Waals surface area contributed by atoms with Gasteiger partial charge in [0.15, 0.2) is 0 Å². The van der Waals surface area contributed by atoms with E-state index < -0.39 is 17.6 Å². The highest BCUT2D eigenvalue weighted by Gasteiger charge is 2.33. The van der Waals surface area contributed by atoms with E-state index >= 15 is 0 Å². The highest BCUT2D eigenvalue weighted by atomic mass is 19.4. The molecule has 20 heavy (non-hydrogen) atoms. The quantitative estimate of drug-likeness (QED) is 0.738. The summed E-state index contributed by atoms with van der Waals surface area (Å²) in [5.74, 6) is -0.747. The van der Waals surface area contributed by atoms with Gasteiger partial charge in [-0.15, -0.1) is 0 Å². The van der Waals surface area contributed by atoms with Crippen LogP contribution in [-0.2, 0) is 12.6 Å². The molecule has 2 rings (SSSR count). The van der Waals surface area contributed by atoms with E-state index in [4.69, 9.17) is 5.26 Å². The van der Waals surface area contributed by atoms with Gasteiger partial charge in [0.2, 0.25) is 0 Å². The number of rotatable bonds is 2. The fraction of sp³-hybridized carbons (Fsp3) is 0.133. The minimum Gasteiger partial charge on any atom is -0.206 e. The molecule has 1 nitrogen and oxygen atoms in total. The van der Waals surface area contributed by atoms with Crippen molar-refractivity contribution in [2.24, 2.45) is 0 Å². The van der Waals surface area contributed by atoms with Crippen molar-refractivity contribution < 1.29 is 17.6 Å². The lowest BCUT2D eigenvalue weighted by Gasteiger charge is -2.13. The zero-order valence-electron chi connectivity index (χ0n) is 10.2. The van der Waals surface area contributed by atoms with Crippen LogP contribution in [0.15, 0.2) is 42.5 Å². The molecule has 0 aliphatic rings. The summed E-state index contributed by atoms with van der Waals surface area (Å²) < 4.78 is 52.6. The third-order valence-electron chi connectivity index (χ3n) is 2.84. The molecular weight excluding hydrogens is 270 g/mol. The fourth-order valence-electron chi connectivity index (χ4n) is 1.95. The zero-order chi connectivity index (χ0) is 14.8. The Morgan fingerprint density at radius 1 is 1.00 bits per heavy atom. The Morgan fingerprint density at radius 3 is 2.35 bits per heavy atom. The van der Waals surface area contributed by atoms with Crippen LogP contribution in [0.2, 0.25) is 0 Å². The summed E-state index contributed by atoms with van der Waals surface area (Å²) in [6, 6.07) is 10.4. The first-order chi connectivity index (χ1) is 9.43. The summed E-state index contributed by atoms with van der Waals surface area (Å²) in [5.41, 5.74) is -0.795. The average Bonchev–Trinajstić information content (AvgIpc) is 2.40. The average molecular weight is 279 g/mol. The Balaban J connectivity index is 2.63. The molecule has 0 atom stereocenters. The van der Waals surface area contributed by atoms with Gasteiger partial charge < -0.3 is 0 Å². The van der Waals surface area contributed by atoms with Crippen molar-refractivity contribution in [2.75, 3.05) is 0 Å². The second-order valence-electron chi connectivity index (χ2n) is 4.19. The van der Waals surface area contributed by atoms with E-state index in [1.54, 1.807) is 0 Å². The number of benzene rings is 2. The molecule has 0 N–H and O–H groups in total. The van der Waals surface area contributed by atoms with Gasteiger partial charge in [0.05, 0.1) is 18.1 Å². The summed E-state index contributed by atoms with van der Waals surface area (Å²) in [6.07, 6.45) is -4.55. The molecule has 0 unspecified atom stereocenters. The first kappa shape index (κ1) is 14.1. The summed E-state index contributed by atoms with van der Waals surface area (Å²) in [7, 11) is 0. The maximum atomic E-state index is 13.8. The second-order valence-corrected chi connectivity index (χ2v) is 4.19. The predicted molar refractivity (Wildman–Crippen MR) is 66.2 cm³/mol. The molecule has 0 amide bonds. The van der Waals surface area contributed by atoms with Gasteiger partial charge in [-0.2, -0.15) is 18.4 Å². The lowest BCUT2D eigenvalue weighted by atomic mass is 9.96. The van der Waals surface area contributed by atoms with Gasteiger partial charge in [0, 0.05) is 5.56 Å². The molecular formula is C15H9F4N. The van der Waals surface area contributed by atoms with Gasteiger partial charge in [-0.25, -0.2) is 4.39 Å². The third-order valence-corrected chi connectivity index (χ3v) is 2.84. The highest BCUT2D eigenvalue weighted by molar-refractivity contribution is 5.69. The first-order valence-electron chi connectivity index (χ1n) is 5.75. The number of hydrogen-bond donors (Lipinski definition) is 0. The first-order valence-corrected chi connectivity index (χ1v) is 5.75. The Kier molecular flexibility index (Phi) is 3.75. The standard InChI is InChI=1S/C15H9F4N/c16-14-6-5-10(7-8-20)9-12(14)11-3-1-2-4-13(11)15(17,18)19/h1-6,9H,7H2. The Labute approximate surface area is 113 Å². The number of nitrogens with zero attached hydrogens (tertiary/aromatic N) is 1. The molecule has 0 fully saturated rings. The van der Waals surface area contributed by atoms with Gasteiger partial charge in [0.1, 0.15) is 5.82 Å². The van der Waals surface area contributed by atoms with E-state index in [0.717, 1.165) is 12.1 Å². The van der Waals surface area contributed by atoms with E-state index in [1.165, 1.54) is 30.3 Å². The molecule has 0 aromatic heterocycles. The van der Waals surface area contributed by atoms with Gasteiger partial charge in [-0.1, -0.05) is 24.3 Å². The van der Waals surface area contributed by atoms with Crippen molar-refractivity contribution in [3.63, 3.8) is 0 Å². The van der Waals surface area contributed by atoms with Crippen molar-refractivity contribution in [3.05, 3.63) is 59.4 Å². The van der Waals surface area contributed by atoms with Crippen LogP contribution in [0.5, 0.6) is 0 Å². The van der Waals surface area contributed by atoms with Crippen LogP contribution in [0.3, 0.4) is 0 Å². The Hall–Kier alpha value is -2.35. The smallest absolute Gasteiger partial charge is 0.206 e. The van der Waals surface area contributed by atoms with Crippen molar-refractivity contribution in [3.8, 4) is 17.2 Å². The lowest BCUT2D eigenvalue weighted by Crippen LogP contribution is -2.07. The summed E-state index contributed by atoms with van der Waals surface area (Å²) in [5, 5.41) is 8.61. The molecule has 0 spiro atoms. The number of hydrogen-bond acceptors (Lipinski definition) is 1. The number of nitriles is 1. The second kappa shape index (κ2) is 5.33. The predicted octanol–water partition coefficient (Wildman–Crippen LogP) is 4.58. The molecule has 0 heterocycles. The SMILES string of the molecule is N#CCc1ccc(F)c(-c2ccccc2C(F)(F)F)c1. The molecule has 5 heteroatoms. The van der Waals surface area contributed by atoms with Crippen LogP contribution in [0, 0.1) is 17.1 Å². The minimum atomic E-state index is -4.56. The normalized spacial score (nSPS) is 11.2. The van der Waals surface area contributed by atoms with Crippen LogP contribution in [0.25, 0.3) is 11.1 Å². The van der Waals surface area contributed by atoms with Crippen molar-refractivity contribution in [2.45, 2.75) is 12.6 Å². The monoisotopic (exact) mass is 279 g/mol. The van der Waals surface area contributed by atoms with E-state index in [9.17, 15) is 17.6 Å². The zero-order valence-corrected chi connectivity index (χ0v) is 10.2. The van der Waals surface area contributed by atoms with E-state index in [-0.39, 0.29) is 17.5 Å². The minimum absolute atomic E-state index is 0.0153. The van der Waals surface area contributed by atoms with Gasteiger partial charge in [0.25, 0.3) is 0 Å². The van der Waals surface area contributed by atoms with Crippen molar-refractivity contribution >= 4 is 0 Å². The molecule has 0 aliphatic carbocycles. The summed E-state index contributed by atoms with van der Waals surface area (Å²) in [4.78, 5) is 0. The van der Waals surface area contributed by atoms with Crippen LogP contribution in [0.4, 0.5) is 17.6 Å². The van der Waals surface area contributed by atoms with Gasteiger partial charge in [-0.05, 0) is 29.3 Å². The van der Waals surface area contributed by atoms with Crippen LogP contribution in [-0.4, -0.2) is 0 Å². The maximum Gasteiger partial charge on any atom is 0.417 e. The van der Waals surface area contributed by atoms with Crippen LogP contribution >= 0.6 is 0 Å². The molecule has 0 saturated heterocycles. The van der Waals surface area contributed by atoms with E-state index in [0.29, 0.717) is 5.56 Å². The third kappa shape index (κ3) is 2.80. The molecule has 0 radical (unpaired) electrons. The molecule has 0 saturated carbocycles. The van der Waals surface area contributed by atoms with Crippen LogP contribution < -0.4 is 0 Å². The number of halogens is 4. The summed E-state index contributed by atoms with van der Waals surface area (Å²) in [6.45, 7) is 0. The fourth-order valence-corrected chi connectivity index (χ4v) is 1.95. The molecule has 2 aromatic carbocycles. The summed E-state index contributed by atoms with van der Waals surface area (Å²) >= 11 is 0. The number of alkyl halides is 3. The van der Waals surface area contributed by atoms with E-state index in [2.05, 4.69) is 0 Å². The molecule has 102 valence electrons.